The maximum atomic E-state index is 11.4. The molecule has 0 atom stereocenters. The van der Waals surface area contributed by atoms with Crippen molar-refractivity contribution in [2.75, 3.05) is 37.0 Å². The van der Waals surface area contributed by atoms with Crippen molar-refractivity contribution in [3.63, 3.8) is 0 Å². The number of halogens is 6. The smallest absolute Gasteiger partial charge is 0.421 e. The Morgan fingerprint density at radius 2 is 0.278 bits per heavy atom. The first kappa shape index (κ1) is 110. The Hall–Kier alpha value is 0.0100. The molecule has 0 radical (unpaired) electrons. The molecule has 652 valence electrons. The van der Waals surface area contributed by atoms with Gasteiger partial charge >= 0.3 is 11.0 Å². The molecule has 6 nitrogen and oxygen atoms in total. The third-order valence-electron chi connectivity index (χ3n) is 23.2. The summed E-state index contributed by atoms with van der Waals surface area (Å²) in [6.07, 6.45) is 124. The minimum absolute atomic E-state index is 0.778. The van der Waals surface area contributed by atoms with Gasteiger partial charge in [-0.15, -0.1) is 0 Å². The van der Waals surface area contributed by atoms with Crippen molar-refractivity contribution in [1.29, 1.82) is 0 Å². The Morgan fingerprint density at radius 3 is 0.370 bits per heavy atom. The molecular formula is C92H186F6N2O4P2S2. The molecule has 16 heteroatoms. The summed E-state index contributed by atoms with van der Waals surface area (Å²) in [5.41, 5.74) is -12.4. The van der Waals surface area contributed by atoms with E-state index in [9.17, 15) is 43.2 Å². The van der Waals surface area contributed by atoms with Crippen molar-refractivity contribution in [1.82, 2.24) is 4.17 Å². The van der Waals surface area contributed by atoms with Crippen LogP contribution in [0.1, 0.15) is 542 Å². The number of sulfonamides is 2. The fourth-order valence-corrected chi connectivity index (χ4v) is 29.4. The molecular weight excluding hydrogens is 1440 g/mol. The molecule has 0 spiro atoms. The van der Waals surface area contributed by atoms with E-state index in [4.69, 9.17) is 4.17 Å². The van der Waals surface area contributed by atoms with Gasteiger partial charge in [0.25, 0.3) is 0 Å². The second-order valence-corrected chi connectivity index (χ2v) is 45.2. The molecule has 0 heterocycles. The molecule has 0 aliphatic heterocycles. The van der Waals surface area contributed by atoms with Gasteiger partial charge in [0.2, 0.25) is 14.1 Å². The molecule has 0 N–H and O–H groups in total. The van der Waals surface area contributed by atoms with E-state index < -0.39 is 45.2 Å². The Morgan fingerprint density at radius 1 is 0.185 bits per heavy atom. The largest absolute Gasteiger partial charge is 0.480 e. The molecule has 0 aromatic heterocycles. The van der Waals surface area contributed by atoms with Gasteiger partial charge < -0.3 is 4.13 Å². The van der Waals surface area contributed by atoms with Gasteiger partial charge in [0.1, 0.15) is 0 Å². The molecule has 0 saturated carbocycles. The van der Waals surface area contributed by atoms with Gasteiger partial charge in [-0.1, -0.05) is 504 Å². The first-order chi connectivity index (χ1) is 52.3. The number of alkyl halides is 6. The lowest BCUT2D eigenvalue weighted by Crippen LogP contribution is -2.30. The lowest BCUT2D eigenvalue weighted by atomic mass is 10.0. The van der Waals surface area contributed by atoms with Gasteiger partial charge in [-0.25, -0.2) is 16.8 Å². The van der Waals surface area contributed by atoms with Gasteiger partial charge in [0.05, 0.1) is 0 Å². The van der Waals surface area contributed by atoms with E-state index >= 15 is 0 Å². The van der Waals surface area contributed by atoms with Crippen LogP contribution in [-0.4, -0.2) is 64.8 Å². The van der Waals surface area contributed by atoms with Gasteiger partial charge in [-0.2, -0.15) is 30.5 Å². The Labute approximate surface area is 671 Å². The third-order valence-corrected chi connectivity index (χ3v) is 35.9. The van der Waals surface area contributed by atoms with Crippen molar-refractivity contribution in [2.45, 2.75) is 553 Å². The summed E-state index contributed by atoms with van der Waals surface area (Å²) in [5.74, 6) is 0. The topological polar surface area (TPSA) is 96.5 Å². The van der Waals surface area contributed by atoms with E-state index in [2.05, 4.69) is 41.5 Å². The van der Waals surface area contributed by atoms with Crippen LogP contribution in [0.25, 0.3) is 4.13 Å². The Bertz CT molecular complexity index is 1890. The summed E-state index contributed by atoms with van der Waals surface area (Å²) in [6.45, 7) is 14.1. The highest BCUT2D eigenvalue weighted by atomic mass is 32.3. The highest BCUT2D eigenvalue weighted by molar-refractivity contribution is 8.13. The van der Waals surface area contributed by atoms with Gasteiger partial charge in [0, 0.05) is 37.0 Å². The van der Waals surface area contributed by atoms with Crippen LogP contribution in [0.2, 0.25) is 0 Å². The zero-order chi connectivity index (χ0) is 79.8. The van der Waals surface area contributed by atoms with Gasteiger partial charge in [-0.3, -0.25) is 0 Å². The Balaban J connectivity index is 0. The molecule has 0 aromatic rings. The average Bonchev–Trinajstić information content (AvgIpc) is 0.799. The monoisotopic (exact) mass is 1620 g/mol. The fraction of sp³-hybridized carbons (Fsp3) is 1.00. The predicted octanol–water partition coefficient (Wildman–Crippen LogP) is 36.1. The summed E-state index contributed by atoms with van der Waals surface area (Å²) in [6, 6.07) is 0. The maximum absolute atomic E-state index is 11.4. The molecule has 0 bridgehead atoms. The normalized spacial score (nSPS) is 12.6. The quantitative estimate of drug-likeness (QED) is 0.0262. The van der Waals surface area contributed by atoms with Gasteiger partial charge in [0.15, 0.2) is 20.0 Å². The van der Waals surface area contributed by atoms with E-state index in [1.165, 1.54) is 501 Å². The maximum Gasteiger partial charge on any atom is 0.480 e. The lowest BCUT2D eigenvalue weighted by Gasteiger charge is -2.22. The fourth-order valence-electron chi connectivity index (χ4n) is 16.1. The van der Waals surface area contributed by atoms with E-state index in [1.807, 2.05) is 0 Å². The van der Waals surface area contributed by atoms with Crippen LogP contribution in [-0.2, 0) is 20.0 Å². The lowest BCUT2D eigenvalue weighted by molar-refractivity contribution is -0.0444. The summed E-state index contributed by atoms with van der Waals surface area (Å²) < 4.78 is 116. The Kier molecular flexibility index (Phi) is 82.3. The van der Waals surface area contributed by atoms with Crippen LogP contribution in [0.15, 0.2) is 0 Å². The van der Waals surface area contributed by atoms with Crippen LogP contribution in [0.3, 0.4) is 0 Å². The van der Waals surface area contributed by atoms with Crippen LogP contribution in [0.4, 0.5) is 26.3 Å². The van der Waals surface area contributed by atoms with Crippen molar-refractivity contribution in [3.05, 3.63) is 4.13 Å². The number of hydrogen-bond acceptors (Lipinski definition) is 4. The summed E-state index contributed by atoms with van der Waals surface area (Å²) in [4.78, 5) is 0. The van der Waals surface area contributed by atoms with Crippen molar-refractivity contribution in [2.24, 2.45) is 0 Å². The number of unbranched alkanes of at least 4 members (excludes halogenated alkanes) is 72. The number of hydrogen-bond donors (Lipinski definition) is 0. The first-order valence-electron chi connectivity index (χ1n) is 48.1. The molecule has 0 aliphatic carbocycles. The molecule has 108 heavy (non-hydrogen) atoms. The van der Waals surface area contributed by atoms with Crippen molar-refractivity contribution < 1.29 is 43.2 Å². The average molecular weight is 1620 g/mol. The van der Waals surface area contributed by atoms with E-state index in [0.717, 1.165) is 4.13 Å². The highest BCUT2D eigenvalue weighted by Crippen LogP contribution is 2.57. The second kappa shape index (κ2) is 80.8. The standard InChI is InChI=1S/C90H186NP2.C2F6NO4S2/c1-7-13-19-25-31-37-43-49-55-61-67-73-79-85-92(86-80-74-68-62-56-50-44-38-32-26-20-14-8-2,87-81-75-69-63-57-51-45-39-33-27-21-15-9-3)91-93(88-82-76-70-64-58-52-46-40-34-28-22-16-10-4,89-83-77-71-65-59-53-47-41-35-29-23-17-11-5)90-84-78-72-66-60-54-48-42-36-30-24-18-12-6;3-1(4,5)14(10,11)9-15(12,13)2(6,7)8/h7-90H2,1-6H3;/q+1;-1. The third kappa shape index (κ3) is 73.6. The molecule has 0 rings (SSSR count). The highest BCUT2D eigenvalue weighted by Gasteiger charge is 2.47. The number of rotatable bonds is 86. The van der Waals surface area contributed by atoms with E-state index in [-0.39, 0.29) is 0 Å². The molecule has 0 aromatic carbocycles. The molecule has 0 saturated heterocycles. The molecule has 0 aliphatic rings. The summed E-state index contributed by atoms with van der Waals surface area (Å²) in [7, 11) is -16.3. The zero-order valence-corrected chi connectivity index (χ0v) is 76.3. The van der Waals surface area contributed by atoms with Crippen LogP contribution < -0.4 is 4.17 Å². The predicted molar refractivity (Wildman–Crippen MR) is 473 cm³/mol. The van der Waals surface area contributed by atoms with Crippen LogP contribution in [0.5, 0.6) is 0 Å². The molecule has 0 unspecified atom stereocenters. The zero-order valence-electron chi connectivity index (χ0n) is 72.9. The molecule has 0 amide bonds. The van der Waals surface area contributed by atoms with Crippen LogP contribution >= 0.6 is 14.1 Å². The van der Waals surface area contributed by atoms with E-state index in [1.54, 1.807) is 37.0 Å². The van der Waals surface area contributed by atoms with Crippen molar-refractivity contribution >= 4 is 34.2 Å². The van der Waals surface area contributed by atoms with E-state index in [0.29, 0.717) is 0 Å². The number of nitrogens with zero attached hydrogens (tertiary/aromatic N) is 2. The summed E-state index contributed by atoms with van der Waals surface area (Å²) >= 11 is 0. The van der Waals surface area contributed by atoms with Crippen LogP contribution in [0, 0.1) is 0 Å². The van der Waals surface area contributed by atoms with Crippen molar-refractivity contribution in [3.8, 4) is 0 Å². The van der Waals surface area contributed by atoms with Gasteiger partial charge in [-0.05, 0) is 38.5 Å². The first-order valence-corrected chi connectivity index (χ1v) is 55.6. The molecule has 0 fully saturated rings. The summed E-state index contributed by atoms with van der Waals surface area (Å²) in [5, 5.41) is 0. The second-order valence-electron chi connectivity index (χ2n) is 34.0. The minimum atomic E-state index is -6.72. The SMILES string of the molecule is CCCCCCCCCCCCCCCP(CCCCCCCCCCCCCCC)(CCCCCCCCCCCCCCC)=[N+]=P(CCCCCCCCCCCCCCC)(CCCCCCCCCCCCCCC)CCCCCCCCCCCCCCC.O=S(=O)([N-]S(=O)(=O)C(F)(F)F)C(F)(F)F. The minimum Gasteiger partial charge on any atom is -0.421 e.